The van der Waals surface area contributed by atoms with Gasteiger partial charge in [-0.3, -0.25) is 4.79 Å². The van der Waals surface area contributed by atoms with Crippen LogP contribution in [0.15, 0.2) is 54.6 Å². The second-order valence-corrected chi connectivity index (χ2v) is 6.86. The van der Waals surface area contributed by atoms with Gasteiger partial charge in [0.25, 0.3) is 5.91 Å². The Morgan fingerprint density at radius 2 is 1.83 bits per heavy atom. The number of halogens is 1. The van der Waals surface area contributed by atoms with E-state index in [9.17, 15) is 9.18 Å². The van der Waals surface area contributed by atoms with Crippen molar-refractivity contribution in [1.29, 1.82) is 0 Å². The molecule has 0 aliphatic carbocycles. The quantitative estimate of drug-likeness (QED) is 0.860. The van der Waals surface area contributed by atoms with E-state index < -0.39 is 5.54 Å². The summed E-state index contributed by atoms with van der Waals surface area (Å²) in [7, 11) is 0. The monoisotopic (exact) mass is 327 g/mol. The van der Waals surface area contributed by atoms with E-state index in [1.165, 1.54) is 29.8 Å². The predicted octanol–water partition coefficient (Wildman–Crippen LogP) is 3.69. The van der Waals surface area contributed by atoms with E-state index in [2.05, 4.69) is 12.1 Å². The first-order chi connectivity index (χ1) is 11.5. The largest absolute Gasteiger partial charge is 0.374 e. The maximum atomic E-state index is 13.1. The Balaban J connectivity index is 1.76. The van der Waals surface area contributed by atoms with Gasteiger partial charge in [-0.25, -0.2) is 4.39 Å². The van der Waals surface area contributed by atoms with Gasteiger partial charge >= 0.3 is 0 Å². The molecule has 0 spiro atoms. The highest BCUT2D eigenvalue weighted by Gasteiger charge is 2.38. The number of carbonyl (C=O) groups is 1. The van der Waals surface area contributed by atoms with Crippen molar-refractivity contribution in [1.82, 2.24) is 4.90 Å². The molecule has 3 rings (SSSR count). The molecule has 3 nitrogen and oxygen atoms in total. The minimum absolute atomic E-state index is 0.0372. The number of morpholine rings is 1. The fraction of sp³-hybridized carbons (Fsp3) is 0.350. The number of hydrogen-bond acceptors (Lipinski definition) is 2. The van der Waals surface area contributed by atoms with E-state index in [1.54, 1.807) is 0 Å². The third kappa shape index (κ3) is 3.65. The molecule has 1 aliphatic heterocycles. The molecule has 24 heavy (non-hydrogen) atoms. The van der Waals surface area contributed by atoms with Crippen LogP contribution in [-0.2, 0) is 11.2 Å². The topological polar surface area (TPSA) is 29.5 Å². The van der Waals surface area contributed by atoms with Gasteiger partial charge in [-0.1, -0.05) is 30.3 Å². The van der Waals surface area contributed by atoms with Crippen LogP contribution in [0.2, 0.25) is 0 Å². The van der Waals surface area contributed by atoms with Gasteiger partial charge in [0.1, 0.15) is 5.82 Å². The molecule has 0 aromatic heterocycles. The zero-order valence-electron chi connectivity index (χ0n) is 14.0. The van der Waals surface area contributed by atoms with Gasteiger partial charge in [-0.05, 0) is 43.7 Å². The summed E-state index contributed by atoms with van der Waals surface area (Å²) in [6.07, 6.45) is 0.731. The van der Waals surface area contributed by atoms with Crippen LogP contribution in [0, 0.1) is 5.82 Å². The molecule has 1 aliphatic rings. The van der Waals surface area contributed by atoms with E-state index in [1.807, 2.05) is 36.9 Å². The predicted molar refractivity (Wildman–Crippen MR) is 91.4 cm³/mol. The van der Waals surface area contributed by atoms with Crippen molar-refractivity contribution in [3.8, 4) is 0 Å². The molecule has 0 radical (unpaired) electrons. The third-order valence-electron chi connectivity index (χ3n) is 4.43. The van der Waals surface area contributed by atoms with E-state index in [4.69, 9.17) is 4.74 Å². The van der Waals surface area contributed by atoms with E-state index in [0.29, 0.717) is 18.7 Å². The highest BCUT2D eigenvalue weighted by molar-refractivity contribution is 5.94. The first kappa shape index (κ1) is 16.7. The number of benzene rings is 2. The van der Waals surface area contributed by atoms with Crippen molar-refractivity contribution < 1.29 is 13.9 Å². The summed E-state index contributed by atoms with van der Waals surface area (Å²) in [5.74, 6) is -0.420. The van der Waals surface area contributed by atoms with Gasteiger partial charge in [0.15, 0.2) is 0 Å². The number of ether oxygens (including phenoxy) is 1. The lowest BCUT2D eigenvalue weighted by atomic mass is 9.97. The Hall–Kier alpha value is -2.20. The summed E-state index contributed by atoms with van der Waals surface area (Å²) in [5, 5.41) is 0. The summed E-state index contributed by atoms with van der Waals surface area (Å²) in [6, 6.07) is 15.8. The summed E-state index contributed by atoms with van der Waals surface area (Å²) in [4.78, 5) is 14.7. The van der Waals surface area contributed by atoms with Gasteiger partial charge in [-0.2, -0.15) is 0 Å². The highest BCUT2D eigenvalue weighted by atomic mass is 19.1. The Labute approximate surface area is 142 Å². The van der Waals surface area contributed by atoms with Gasteiger partial charge < -0.3 is 9.64 Å². The standard InChI is InChI=1S/C20H22FNO2/c1-20(2)14-24-18(12-15-6-4-3-5-7-15)13-22(20)19(23)16-8-10-17(21)11-9-16/h3-11,18H,12-14H2,1-2H3. The lowest BCUT2D eigenvalue weighted by Crippen LogP contribution is -2.58. The Morgan fingerprint density at radius 3 is 2.50 bits per heavy atom. The summed E-state index contributed by atoms with van der Waals surface area (Å²) < 4.78 is 19.1. The van der Waals surface area contributed by atoms with Crippen LogP contribution < -0.4 is 0 Å². The van der Waals surface area contributed by atoms with Gasteiger partial charge in [0.2, 0.25) is 0 Å². The minimum atomic E-state index is -0.390. The van der Waals surface area contributed by atoms with Crippen LogP contribution in [0.5, 0.6) is 0 Å². The van der Waals surface area contributed by atoms with Crippen molar-refractivity contribution in [3.63, 3.8) is 0 Å². The number of hydrogen-bond donors (Lipinski definition) is 0. The molecule has 1 fully saturated rings. The number of rotatable bonds is 3. The molecule has 4 heteroatoms. The Kier molecular flexibility index (Phi) is 4.67. The molecular formula is C20H22FNO2. The van der Waals surface area contributed by atoms with Crippen LogP contribution in [0.25, 0.3) is 0 Å². The van der Waals surface area contributed by atoms with Crippen molar-refractivity contribution in [2.45, 2.75) is 31.9 Å². The summed E-state index contributed by atoms with van der Waals surface area (Å²) >= 11 is 0. The van der Waals surface area contributed by atoms with Crippen molar-refractivity contribution in [2.24, 2.45) is 0 Å². The molecule has 1 atom stereocenters. The first-order valence-electron chi connectivity index (χ1n) is 8.19. The van der Waals surface area contributed by atoms with Gasteiger partial charge in [0, 0.05) is 18.5 Å². The molecule has 0 N–H and O–H groups in total. The molecule has 2 aromatic carbocycles. The van der Waals surface area contributed by atoms with Crippen LogP contribution >= 0.6 is 0 Å². The number of carbonyl (C=O) groups excluding carboxylic acids is 1. The summed E-state index contributed by atoms with van der Waals surface area (Å²) in [5.41, 5.74) is 1.31. The third-order valence-corrected chi connectivity index (χ3v) is 4.43. The van der Waals surface area contributed by atoms with Gasteiger partial charge in [-0.15, -0.1) is 0 Å². The van der Waals surface area contributed by atoms with E-state index in [0.717, 1.165) is 6.42 Å². The maximum Gasteiger partial charge on any atom is 0.254 e. The van der Waals surface area contributed by atoms with Crippen molar-refractivity contribution in [2.75, 3.05) is 13.2 Å². The van der Waals surface area contributed by atoms with E-state index >= 15 is 0 Å². The fourth-order valence-corrected chi connectivity index (χ4v) is 3.01. The lowest BCUT2D eigenvalue weighted by Gasteiger charge is -2.45. The highest BCUT2D eigenvalue weighted by Crippen LogP contribution is 2.26. The first-order valence-corrected chi connectivity index (χ1v) is 8.19. The average molecular weight is 327 g/mol. The molecule has 1 amide bonds. The molecule has 0 bridgehead atoms. The van der Waals surface area contributed by atoms with Gasteiger partial charge in [0.05, 0.1) is 18.2 Å². The van der Waals surface area contributed by atoms with E-state index in [-0.39, 0.29) is 17.8 Å². The smallest absolute Gasteiger partial charge is 0.254 e. The maximum absolute atomic E-state index is 13.1. The second-order valence-electron chi connectivity index (χ2n) is 6.86. The molecule has 1 saturated heterocycles. The second kappa shape index (κ2) is 6.73. The molecular weight excluding hydrogens is 305 g/mol. The number of amides is 1. The zero-order chi connectivity index (χ0) is 17.2. The van der Waals surface area contributed by atoms with Crippen LogP contribution in [0.3, 0.4) is 0 Å². The fourth-order valence-electron chi connectivity index (χ4n) is 3.01. The molecule has 2 aromatic rings. The SMILES string of the molecule is CC1(C)COC(Cc2ccccc2)CN1C(=O)c1ccc(F)cc1. The Morgan fingerprint density at radius 1 is 1.17 bits per heavy atom. The van der Waals surface area contributed by atoms with Crippen LogP contribution in [0.1, 0.15) is 29.8 Å². The molecule has 1 unspecified atom stereocenters. The van der Waals surface area contributed by atoms with Crippen LogP contribution in [-0.4, -0.2) is 35.6 Å². The number of nitrogens with zero attached hydrogens (tertiary/aromatic N) is 1. The zero-order valence-corrected chi connectivity index (χ0v) is 14.0. The lowest BCUT2D eigenvalue weighted by molar-refractivity contribution is -0.0821. The molecule has 0 saturated carbocycles. The Bertz CT molecular complexity index is 697. The summed E-state index contributed by atoms with van der Waals surface area (Å²) in [6.45, 7) is 5.00. The van der Waals surface area contributed by atoms with Crippen molar-refractivity contribution >= 4 is 5.91 Å². The normalized spacial score (nSPS) is 20.0. The van der Waals surface area contributed by atoms with Crippen molar-refractivity contribution in [3.05, 3.63) is 71.5 Å². The molecule has 1 heterocycles. The molecule has 126 valence electrons. The minimum Gasteiger partial charge on any atom is -0.374 e. The van der Waals surface area contributed by atoms with Crippen LogP contribution in [0.4, 0.5) is 4.39 Å². The average Bonchev–Trinajstić information content (AvgIpc) is 2.57.